The lowest BCUT2D eigenvalue weighted by Crippen LogP contribution is -2.24. The maximum Gasteiger partial charge on any atom is 0.257 e. The van der Waals surface area contributed by atoms with E-state index >= 15 is 0 Å². The van der Waals surface area contributed by atoms with E-state index < -0.39 is 0 Å². The lowest BCUT2D eigenvalue weighted by atomic mass is 10.2. The predicted molar refractivity (Wildman–Crippen MR) is 107 cm³/mol. The minimum atomic E-state index is 0.498. The van der Waals surface area contributed by atoms with Gasteiger partial charge in [0.25, 0.3) is 5.89 Å². The Morgan fingerprint density at radius 2 is 2.00 bits per heavy atom. The molecule has 0 amide bonds. The fraction of sp³-hybridized carbons (Fsp3) is 0.263. The number of thiophene rings is 1. The summed E-state index contributed by atoms with van der Waals surface area (Å²) in [5.74, 6) is 2.15. The molecule has 3 aromatic heterocycles. The zero-order valence-corrected chi connectivity index (χ0v) is 16.8. The molecule has 0 saturated heterocycles. The van der Waals surface area contributed by atoms with Crippen molar-refractivity contribution in [2.45, 2.75) is 26.4 Å². The molecule has 4 aromatic rings. The van der Waals surface area contributed by atoms with Gasteiger partial charge in [-0.25, -0.2) is 0 Å². The second-order valence-corrected chi connectivity index (χ2v) is 7.60. The van der Waals surface area contributed by atoms with E-state index in [0.29, 0.717) is 41.6 Å². The van der Waals surface area contributed by atoms with Crippen LogP contribution in [0.25, 0.3) is 22.2 Å². The van der Waals surface area contributed by atoms with Crippen LogP contribution in [0.5, 0.6) is 0 Å². The molecule has 0 N–H and O–H groups in total. The van der Waals surface area contributed by atoms with Crippen molar-refractivity contribution in [1.29, 1.82) is 0 Å². The molecular formula is C19H18ClN5O2S. The quantitative estimate of drug-likeness (QED) is 0.404. The highest BCUT2D eigenvalue weighted by atomic mass is 35.5. The lowest BCUT2D eigenvalue weighted by Gasteiger charge is -2.16. The third-order valence-corrected chi connectivity index (χ3v) is 5.10. The van der Waals surface area contributed by atoms with Crippen LogP contribution < -0.4 is 0 Å². The van der Waals surface area contributed by atoms with Gasteiger partial charge in [0.05, 0.1) is 18.0 Å². The van der Waals surface area contributed by atoms with E-state index in [4.69, 9.17) is 20.5 Å². The van der Waals surface area contributed by atoms with Crippen molar-refractivity contribution in [2.24, 2.45) is 0 Å². The molecule has 0 fully saturated rings. The van der Waals surface area contributed by atoms with Crippen LogP contribution in [0.2, 0.25) is 5.02 Å². The van der Waals surface area contributed by atoms with Gasteiger partial charge in [-0.2, -0.15) is 4.98 Å². The molecule has 0 aliphatic carbocycles. The van der Waals surface area contributed by atoms with E-state index in [1.807, 2.05) is 41.8 Å². The number of hydrogen-bond acceptors (Lipinski definition) is 8. The van der Waals surface area contributed by atoms with Crippen LogP contribution in [0, 0.1) is 0 Å². The molecule has 9 heteroatoms. The number of aromatic nitrogens is 4. The Balaban J connectivity index is 1.45. The van der Waals surface area contributed by atoms with Crippen LogP contribution in [0.3, 0.4) is 0 Å². The molecule has 0 bridgehead atoms. The molecule has 0 unspecified atom stereocenters. The molecule has 0 atom stereocenters. The summed E-state index contributed by atoms with van der Waals surface area (Å²) in [6.45, 7) is 3.97. The monoisotopic (exact) mass is 415 g/mol. The van der Waals surface area contributed by atoms with E-state index in [2.05, 4.69) is 32.2 Å². The van der Waals surface area contributed by atoms with Crippen LogP contribution in [0.1, 0.15) is 25.1 Å². The van der Waals surface area contributed by atoms with Crippen molar-refractivity contribution in [3.63, 3.8) is 0 Å². The SMILES string of the molecule is CCCN(Cc1nc(-c2cccc(Cl)c2)no1)Cc1nnc(-c2cccs2)o1. The largest absolute Gasteiger partial charge is 0.419 e. The molecule has 3 heterocycles. The third kappa shape index (κ3) is 4.46. The van der Waals surface area contributed by atoms with Crippen molar-refractivity contribution >= 4 is 22.9 Å². The maximum atomic E-state index is 6.04. The van der Waals surface area contributed by atoms with Gasteiger partial charge in [-0.15, -0.1) is 21.5 Å². The Morgan fingerprint density at radius 3 is 2.79 bits per heavy atom. The van der Waals surface area contributed by atoms with Crippen LogP contribution in [-0.2, 0) is 13.1 Å². The van der Waals surface area contributed by atoms with Gasteiger partial charge in [-0.1, -0.05) is 41.9 Å². The first-order valence-electron chi connectivity index (χ1n) is 8.88. The van der Waals surface area contributed by atoms with Gasteiger partial charge in [-0.05, 0) is 36.5 Å². The number of hydrogen-bond donors (Lipinski definition) is 0. The Kier molecular flexibility index (Phi) is 5.80. The number of halogens is 1. The van der Waals surface area contributed by atoms with Crippen molar-refractivity contribution in [3.8, 4) is 22.2 Å². The van der Waals surface area contributed by atoms with Crippen molar-refractivity contribution in [2.75, 3.05) is 6.54 Å². The Hall–Kier alpha value is -2.55. The van der Waals surface area contributed by atoms with E-state index in [1.54, 1.807) is 11.3 Å². The van der Waals surface area contributed by atoms with Crippen molar-refractivity contribution in [3.05, 3.63) is 58.6 Å². The molecule has 0 spiro atoms. The van der Waals surface area contributed by atoms with E-state index in [1.165, 1.54) is 0 Å². The van der Waals surface area contributed by atoms with Crippen LogP contribution in [0.4, 0.5) is 0 Å². The average molecular weight is 416 g/mol. The predicted octanol–water partition coefficient (Wildman–Crippen LogP) is 4.91. The zero-order valence-electron chi connectivity index (χ0n) is 15.2. The molecule has 0 radical (unpaired) electrons. The lowest BCUT2D eigenvalue weighted by molar-refractivity contribution is 0.201. The highest BCUT2D eigenvalue weighted by Gasteiger charge is 2.17. The van der Waals surface area contributed by atoms with Gasteiger partial charge in [0.2, 0.25) is 17.6 Å². The summed E-state index contributed by atoms with van der Waals surface area (Å²) in [6.07, 6.45) is 0.973. The summed E-state index contributed by atoms with van der Waals surface area (Å²) in [6, 6.07) is 11.3. The molecule has 0 aliphatic heterocycles. The normalized spacial score (nSPS) is 11.4. The van der Waals surface area contributed by atoms with Crippen molar-refractivity contribution in [1.82, 2.24) is 25.2 Å². The van der Waals surface area contributed by atoms with Gasteiger partial charge in [-0.3, -0.25) is 4.90 Å². The first-order chi connectivity index (χ1) is 13.7. The highest BCUT2D eigenvalue weighted by molar-refractivity contribution is 7.13. The Labute approximate surface area is 171 Å². The van der Waals surface area contributed by atoms with E-state index in [9.17, 15) is 0 Å². The van der Waals surface area contributed by atoms with E-state index in [0.717, 1.165) is 23.4 Å². The highest BCUT2D eigenvalue weighted by Crippen LogP contribution is 2.24. The van der Waals surface area contributed by atoms with Crippen molar-refractivity contribution < 1.29 is 8.94 Å². The summed E-state index contributed by atoms with van der Waals surface area (Å²) < 4.78 is 11.2. The summed E-state index contributed by atoms with van der Waals surface area (Å²) in [7, 11) is 0. The van der Waals surface area contributed by atoms with E-state index in [-0.39, 0.29) is 0 Å². The fourth-order valence-corrected chi connectivity index (χ4v) is 3.63. The van der Waals surface area contributed by atoms with Gasteiger partial charge in [0.1, 0.15) is 0 Å². The molecule has 0 aliphatic rings. The van der Waals surface area contributed by atoms with Gasteiger partial charge in [0, 0.05) is 10.6 Å². The minimum absolute atomic E-state index is 0.498. The third-order valence-electron chi connectivity index (χ3n) is 4.01. The number of rotatable bonds is 8. The first-order valence-corrected chi connectivity index (χ1v) is 10.1. The van der Waals surface area contributed by atoms with Gasteiger partial charge >= 0.3 is 0 Å². The second-order valence-electron chi connectivity index (χ2n) is 6.21. The first kappa shape index (κ1) is 18.8. The van der Waals surface area contributed by atoms with Gasteiger partial charge in [0.15, 0.2) is 0 Å². The summed E-state index contributed by atoms with van der Waals surface area (Å²) in [5, 5.41) is 15.0. The molecule has 4 rings (SSSR count). The Morgan fingerprint density at radius 1 is 1.11 bits per heavy atom. The average Bonchev–Trinajstić information content (AvgIpc) is 3.44. The number of nitrogens with zero attached hydrogens (tertiary/aromatic N) is 5. The molecule has 1 aromatic carbocycles. The summed E-state index contributed by atoms with van der Waals surface area (Å²) in [4.78, 5) is 7.59. The maximum absolute atomic E-state index is 6.04. The smallest absolute Gasteiger partial charge is 0.257 e. The second kappa shape index (κ2) is 8.64. The zero-order chi connectivity index (χ0) is 19.3. The van der Waals surface area contributed by atoms with Crippen LogP contribution in [0.15, 0.2) is 50.7 Å². The van der Waals surface area contributed by atoms with Gasteiger partial charge < -0.3 is 8.94 Å². The fourth-order valence-electron chi connectivity index (χ4n) is 2.79. The molecule has 7 nitrogen and oxygen atoms in total. The molecular weight excluding hydrogens is 398 g/mol. The molecule has 0 saturated carbocycles. The number of benzene rings is 1. The standard InChI is InChI=1S/C19H18ClN5O2S/c1-2-8-25(12-17-22-23-19(26-17)15-7-4-9-28-15)11-16-21-18(24-27-16)13-5-3-6-14(20)10-13/h3-7,9-10H,2,8,11-12H2,1H3. The summed E-state index contributed by atoms with van der Waals surface area (Å²) in [5.41, 5.74) is 0.821. The van der Waals surface area contributed by atoms with Crippen LogP contribution in [-0.4, -0.2) is 31.8 Å². The Bertz CT molecular complexity index is 1030. The van der Waals surface area contributed by atoms with Crippen LogP contribution >= 0.6 is 22.9 Å². The summed E-state index contributed by atoms with van der Waals surface area (Å²) >= 11 is 7.61. The molecule has 144 valence electrons. The molecule has 28 heavy (non-hydrogen) atoms. The minimum Gasteiger partial charge on any atom is -0.419 e. The topological polar surface area (TPSA) is 81.1 Å².